The summed E-state index contributed by atoms with van der Waals surface area (Å²) in [7, 11) is 0. The van der Waals surface area contributed by atoms with Gasteiger partial charge >= 0.3 is 190 Å². The van der Waals surface area contributed by atoms with E-state index in [0.717, 1.165) is 35.1 Å². The van der Waals surface area contributed by atoms with E-state index in [-0.39, 0.29) is 9.40 Å². The van der Waals surface area contributed by atoms with Crippen molar-refractivity contribution in [2.24, 2.45) is 0 Å². The molecule has 168 valence electrons. The van der Waals surface area contributed by atoms with Crippen LogP contribution in [-0.4, -0.2) is 11.9 Å². The molecule has 0 radical (unpaired) electrons. The first-order chi connectivity index (χ1) is 16.4. The third-order valence-corrected chi connectivity index (χ3v) is 12.2. The van der Waals surface area contributed by atoms with E-state index in [2.05, 4.69) is 24.3 Å². The number of carbonyl (C=O) groups is 2. The Hall–Kier alpha value is -3.31. The first kappa shape index (κ1) is 25.3. The predicted molar refractivity (Wildman–Crippen MR) is 125 cm³/mol. The van der Waals surface area contributed by atoms with E-state index in [4.69, 9.17) is 17.0 Å². The van der Waals surface area contributed by atoms with Gasteiger partial charge in [0.05, 0.1) is 0 Å². The maximum absolute atomic E-state index is 11.6. The van der Waals surface area contributed by atoms with E-state index in [1.807, 2.05) is 78.9 Å². The first-order valence-electron chi connectivity index (χ1n) is 10.9. The normalized spacial score (nSPS) is 10.8. The number of rotatable bonds is 6. The quantitative estimate of drug-likeness (QED) is 0.211. The zero-order valence-electron chi connectivity index (χ0n) is 19.1. The van der Waals surface area contributed by atoms with Crippen LogP contribution in [0.15, 0.2) is 108 Å². The predicted octanol–water partition coefficient (Wildman–Crippen LogP) is 5.30. The molecule has 0 aliphatic carbocycles. The molecule has 4 aromatic rings. The molecule has 0 spiro atoms. The molecule has 1 atom stereocenters. The van der Waals surface area contributed by atoms with Gasteiger partial charge in [0.15, 0.2) is 0 Å². The third-order valence-electron chi connectivity index (χ3n) is 4.99. The van der Waals surface area contributed by atoms with Crippen molar-refractivity contribution in [1.82, 2.24) is 0 Å². The Bertz CT molecular complexity index is 1150. The molecule has 0 saturated carbocycles. The molecule has 6 heteroatoms. The summed E-state index contributed by atoms with van der Waals surface area (Å²) in [5, 5.41) is 8.89. The molecule has 1 aromatic heterocycles. The molecule has 3 aromatic carbocycles. The molecule has 0 bridgehead atoms. The first-order valence-corrected chi connectivity index (χ1v) is 16.3. The second-order valence-corrected chi connectivity index (χ2v) is 13.2. The number of carbonyl (C=O) groups excluding carboxylic acids is 2. The minimum absolute atomic E-state index is 0.122. The Morgan fingerprint density at radius 2 is 1.15 bits per heavy atom. The Morgan fingerprint density at radius 1 is 0.735 bits per heavy atom. The molecule has 34 heavy (non-hydrogen) atoms. The fraction of sp³-hybridized carbons (Fsp3) is 0.107. The third kappa shape index (κ3) is 7.63. The van der Waals surface area contributed by atoms with Crippen LogP contribution >= 0.6 is 0 Å². The molecule has 0 aliphatic rings. The van der Waals surface area contributed by atoms with Gasteiger partial charge in [-0.1, -0.05) is 0 Å². The Kier molecular flexibility index (Phi) is 9.53. The van der Waals surface area contributed by atoms with Crippen LogP contribution in [-0.2, 0) is 37.3 Å². The summed E-state index contributed by atoms with van der Waals surface area (Å²) in [5.74, 6) is 0.345. The van der Waals surface area contributed by atoms with Gasteiger partial charge in [0.25, 0.3) is 0 Å². The monoisotopic (exact) mass is 642 g/mol. The van der Waals surface area contributed by atoms with Gasteiger partial charge in [-0.3, -0.25) is 0 Å². The summed E-state index contributed by atoms with van der Waals surface area (Å²) in [5.41, 5.74) is 4.36. The molecule has 1 unspecified atom stereocenters. The maximum atomic E-state index is 11.6. The molecule has 0 fully saturated rings. The number of hydrogen-bond acceptors (Lipinski definition) is 4. The number of hydrogen-bond donors (Lipinski definition) is 0. The van der Waals surface area contributed by atoms with Gasteiger partial charge in [0.1, 0.15) is 0 Å². The molecular formula is C28H24HgO5. The van der Waals surface area contributed by atoms with Gasteiger partial charge in [-0.25, -0.2) is 0 Å². The van der Waals surface area contributed by atoms with Crippen molar-refractivity contribution in [3.8, 4) is 22.6 Å². The van der Waals surface area contributed by atoms with Crippen LogP contribution in [0.3, 0.4) is 0 Å². The summed E-state index contributed by atoms with van der Waals surface area (Å²) in [6, 6.07) is 34.7. The SMILES string of the molecule is CC(=O)[O-].CC(=O)[O][Hg][CH](c1ccccc1)c1cc(-c2ccccc2)[o+]c(-c2ccccc2)c1. The van der Waals surface area contributed by atoms with Crippen LogP contribution in [0.4, 0.5) is 0 Å². The Morgan fingerprint density at radius 3 is 1.56 bits per heavy atom. The van der Waals surface area contributed by atoms with Crippen LogP contribution in [0.25, 0.3) is 22.6 Å². The van der Waals surface area contributed by atoms with Gasteiger partial charge in [-0.2, -0.15) is 0 Å². The molecule has 4 rings (SSSR count). The topological polar surface area (TPSA) is 77.7 Å². The molecule has 5 nitrogen and oxygen atoms in total. The van der Waals surface area contributed by atoms with E-state index < -0.39 is 31.0 Å². The summed E-state index contributed by atoms with van der Waals surface area (Å²) < 4.78 is 12.1. The van der Waals surface area contributed by atoms with Crippen molar-refractivity contribution in [3.63, 3.8) is 0 Å². The van der Waals surface area contributed by atoms with Crippen molar-refractivity contribution in [2.75, 3.05) is 0 Å². The molecule has 0 N–H and O–H groups in total. The zero-order chi connectivity index (χ0) is 24.3. The number of aliphatic carboxylic acids is 1. The van der Waals surface area contributed by atoms with Gasteiger partial charge < -0.3 is 9.90 Å². The molecule has 0 saturated heterocycles. The van der Waals surface area contributed by atoms with Crippen molar-refractivity contribution in [3.05, 3.63) is 114 Å². The summed E-state index contributed by atoms with van der Waals surface area (Å²) in [6.45, 7) is 2.47. The molecule has 1 heterocycles. The van der Waals surface area contributed by atoms with E-state index >= 15 is 0 Å². The van der Waals surface area contributed by atoms with Gasteiger partial charge in [0.2, 0.25) is 0 Å². The fourth-order valence-corrected chi connectivity index (χ4v) is 8.51. The van der Waals surface area contributed by atoms with E-state index in [1.54, 1.807) is 0 Å². The van der Waals surface area contributed by atoms with E-state index in [9.17, 15) is 4.79 Å². The summed E-state index contributed by atoms with van der Waals surface area (Å²) in [6.07, 6.45) is 0. The van der Waals surface area contributed by atoms with Crippen molar-refractivity contribution in [2.45, 2.75) is 17.3 Å². The van der Waals surface area contributed by atoms with Crippen LogP contribution in [0.5, 0.6) is 0 Å². The van der Waals surface area contributed by atoms with Crippen LogP contribution < -0.4 is 5.11 Å². The average Bonchev–Trinajstić information content (AvgIpc) is 2.85. The van der Waals surface area contributed by atoms with Crippen LogP contribution in [0.1, 0.15) is 28.4 Å². The van der Waals surface area contributed by atoms with E-state index in [1.165, 1.54) is 12.5 Å². The Labute approximate surface area is 212 Å². The van der Waals surface area contributed by atoms with Gasteiger partial charge in [0, 0.05) is 5.97 Å². The molecular weight excluding hydrogens is 617 g/mol. The van der Waals surface area contributed by atoms with E-state index in [0.29, 0.717) is 0 Å². The van der Waals surface area contributed by atoms with Crippen molar-refractivity contribution in [1.29, 1.82) is 0 Å². The second-order valence-electron chi connectivity index (χ2n) is 7.61. The number of benzene rings is 3. The van der Waals surface area contributed by atoms with Gasteiger partial charge in [-0.15, -0.1) is 0 Å². The van der Waals surface area contributed by atoms with Crippen molar-refractivity contribution >= 4 is 11.9 Å². The van der Waals surface area contributed by atoms with Gasteiger partial charge in [-0.05, 0) is 6.92 Å². The average molecular weight is 641 g/mol. The standard InChI is InChI=1S/C24H18O.2C2H4O2.Hg/c1-4-10-19(11-5-1)16-20-17-23(21-12-6-2-7-13-21)25-24(18-20)22-14-8-3-9-15-22;2*1-2(3)4;/h1-18H;2*1H3,(H,3,4);/q+1;;;+1/p-2. The molecule has 0 amide bonds. The summed E-state index contributed by atoms with van der Waals surface area (Å²) in [4.78, 5) is 20.5. The van der Waals surface area contributed by atoms with Crippen LogP contribution in [0.2, 0.25) is 0 Å². The zero-order valence-corrected chi connectivity index (χ0v) is 24.6. The summed E-state index contributed by atoms with van der Waals surface area (Å²) >= 11 is -2.08. The minimum atomic E-state index is -2.08. The second kappa shape index (κ2) is 12.8. The Balaban J connectivity index is 0.000000751. The van der Waals surface area contributed by atoms with Crippen molar-refractivity contribution < 1.29 is 46.8 Å². The van der Waals surface area contributed by atoms with Crippen LogP contribution in [0, 0.1) is 0 Å². The fourth-order valence-electron chi connectivity index (χ4n) is 3.48. The number of carboxylic acid groups (broad SMARTS) is 1. The molecule has 0 aliphatic heterocycles. The number of carboxylic acids is 1.